The molecule has 1 aliphatic carbocycles. The van der Waals surface area contributed by atoms with Crippen molar-refractivity contribution in [1.82, 2.24) is 4.90 Å². The lowest BCUT2D eigenvalue weighted by atomic mass is 9.51. The Bertz CT molecular complexity index is 556. The van der Waals surface area contributed by atoms with E-state index in [-0.39, 0.29) is 10.8 Å². The van der Waals surface area contributed by atoms with Gasteiger partial charge in [-0.25, -0.2) is 0 Å². The van der Waals surface area contributed by atoms with Gasteiger partial charge < -0.3 is 9.64 Å². The van der Waals surface area contributed by atoms with Crippen LogP contribution in [0.2, 0.25) is 0 Å². The Morgan fingerprint density at radius 1 is 1.29 bits per heavy atom. The van der Waals surface area contributed by atoms with Gasteiger partial charge in [0, 0.05) is 24.8 Å². The number of rotatable bonds is 2. The van der Waals surface area contributed by atoms with Crippen molar-refractivity contribution in [2.45, 2.75) is 38.0 Å². The van der Waals surface area contributed by atoms with Crippen LogP contribution in [0.15, 0.2) is 24.3 Å². The van der Waals surface area contributed by atoms with Crippen molar-refractivity contribution in [1.29, 1.82) is 0 Å². The molecule has 0 N–H and O–H groups in total. The van der Waals surface area contributed by atoms with E-state index >= 15 is 0 Å². The largest absolute Gasteiger partial charge is 0.497 e. The SMILES string of the molecule is COc1cccc([C@]23CCN(C)C[C@@]2(C)CCC(=O)C3)c1. The van der Waals surface area contributed by atoms with Gasteiger partial charge in [-0.3, -0.25) is 4.79 Å². The Labute approximate surface area is 127 Å². The minimum Gasteiger partial charge on any atom is -0.497 e. The van der Waals surface area contributed by atoms with Crippen LogP contribution in [0, 0.1) is 5.41 Å². The fourth-order valence-electron chi connectivity index (χ4n) is 4.49. The molecule has 114 valence electrons. The van der Waals surface area contributed by atoms with Gasteiger partial charge in [0.1, 0.15) is 11.5 Å². The number of ether oxygens (including phenoxy) is 1. The first-order valence-corrected chi connectivity index (χ1v) is 7.84. The molecule has 2 fully saturated rings. The highest BCUT2D eigenvalue weighted by atomic mass is 16.5. The van der Waals surface area contributed by atoms with E-state index in [9.17, 15) is 4.79 Å². The van der Waals surface area contributed by atoms with Gasteiger partial charge in [-0.2, -0.15) is 0 Å². The normalized spacial score (nSPS) is 33.6. The Morgan fingerprint density at radius 2 is 2.10 bits per heavy atom. The molecule has 1 aromatic carbocycles. The standard InChI is InChI=1S/C18H25NO2/c1-17-8-7-15(20)12-18(17,9-10-19(2)13-17)14-5-4-6-16(11-14)21-3/h4-6,11H,7-10,12-13H2,1-3H3/t17-,18-/m1/s1. The van der Waals surface area contributed by atoms with Crippen LogP contribution in [-0.4, -0.2) is 37.9 Å². The lowest BCUT2D eigenvalue weighted by Crippen LogP contribution is -2.58. The van der Waals surface area contributed by atoms with Crippen LogP contribution in [0.1, 0.15) is 38.2 Å². The smallest absolute Gasteiger partial charge is 0.133 e. The van der Waals surface area contributed by atoms with Crippen LogP contribution in [0.25, 0.3) is 0 Å². The minimum atomic E-state index is -0.0244. The number of piperidine rings is 1. The molecule has 1 saturated carbocycles. The number of ketones is 1. The van der Waals surface area contributed by atoms with Crippen molar-refractivity contribution >= 4 is 5.78 Å². The molecule has 1 saturated heterocycles. The summed E-state index contributed by atoms with van der Waals surface area (Å²) in [7, 11) is 3.90. The highest BCUT2D eigenvalue weighted by Gasteiger charge is 2.54. The number of hydrogen-bond acceptors (Lipinski definition) is 3. The van der Waals surface area contributed by atoms with Crippen LogP contribution in [-0.2, 0) is 10.2 Å². The number of carbonyl (C=O) groups excluding carboxylic acids is 1. The first-order chi connectivity index (χ1) is 9.99. The second kappa shape index (κ2) is 5.13. The fraction of sp³-hybridized carbons (Fsp3) is 0.611. The van der Waals surface area contributed by atoms with E-state index in [1.807, 2.05) is 6.07 Å². The highest BCUT2D eigenvalue weighted by Crippen LogP contribution is 2.55. The average Bonchev–Trinajstić information content (AvgIpc) is 2.48. The predicted octanol–water partition coefficient (Wildman–Crippen LogP) is 3.03. The van der Waals surface area contributed by atoms with Crippen LogP contribution in [0.4, 0.5) is 0 Å². The zero-order valence-corrected chi connectivity index (χ0v) is 13.3. The van der Waals surface area contributed by atoms with Gasteiger partial charge in [-0.15, -0.1) is 0 Å². The molecule has 1 heterocycles. The molecule has 0 aromatic heterocycles. The Kier molecular flexibility index (Phi) is 3.56. The van der Waals surface area contributed by atoms with Gasteiger partial charge in [0.15, 0.2) is 0 Å². The summed E-state index contributed by atoms with van der Waals surface area (Å²) in [6.45, 7) is 4.49. The molecule has 3 nitrogen and oxygen atoms in total. The van der Waals surface area contributed by atoms with Gasteiger partial charge in [0.05, 0.1) is 7.11 Å². The third-order valence-electron chi connectivity index (χ3n) is 5.77. The third kappa shape index (κ3) is 2.28. The molecule has 3 heteroatoms. The molecular formula is C18H25NO2. The summed E-state index contributed by atoms with van der Waals surface area (Å²) in [6, 6.07) is 8.37. The Balaban J connectivity index is 2.09. The van der Waals surface area contributed by atoms with E-state index in [0.717, 1.165) is 38.1 Å². The van der Waals surface area contributed by atoms with Gasteiger partial charge in [0.25, 0.3) is 0 Å². The second-order valence-corrected chi connectivity index (χ2v) is 7.08. The van der Waals surface area contributed by atoms with E-state index in [4.69, 9.17) is 4.74 Å². The zero-order valence-electron chi connectivity index (χ0n) is 13.3. The van der Waals surface area contributed by atoms with Crippen LogP contribution < -0.4 is 4.74 Å². The number of benzene rings is 1. The molecule has 0 bridgehead atoms. The number of Topliss-reactive ketones (excluding diaryl/α,β-unsaturated/α-hetero) is 1. The maximum atomic E-state index is 12.2. The Hall–Kier alpha value is -1.35. The Morgan fingerprint density at radius 3 is 2.86 bits per heavy atom. The number of fused-ring (bicyclic) bond motifs is 1. The average molecular weight is 287 g/mol. The van der Waals surface area contributed by atoms with Crippen LogP contribution >= 0.6 is 0 Å². The first kappa shape index (κ1) is 14.6. The summed E-state index contributed by atoms with van der Waals surface area (Å²) in [4.78, 5) is 14.6. The lowest BCUT2D eigenvalue weighted by Gasteiger charge is -2.57. The van der Waals surface area contributed by atoms with Gasteiger partial charge in [-0.1, -0.05) is 19.1 Å². The van der Waals surface area contributed by atoms with E-state index in [2.05, 4.69) is 37.1 Å². The molecule has 2 aliphatic rings. The summed E-state index contributed by atoms with van der Waals surface area (Å²) in [5.74, 6) is 1.31. The first-order valence-electron chi connectivity index (χ1n) is 7.84. The molecular weight excluding hydrogens is 262 g/mol. The summed E-state index contributed by atoms with van der Waals surface area (Å²) < 4.78 is 5.41. The van der Waals surface area contributed by atoms with Crippen LogP contribution in [0.3, 0.4) is 0 Å². The molecule has 1 aliphatic heterocycles. The van der Waals surface area contributed by atoms with Crippen molar-refractivity contribution in [3.05, 3.63) is 29.8 Å². The molecule has 2 atom stereocenters. The van der Waals surface area contributed by atoms with Crippen molar-refractivity contribution in [2.75, 3.05) is 27.2 Å². The maximum Gasteiger partial charge on any atom is 0.133 e. The molecule has 0 amide bonds. The highest BCUT2D eigenvalue weighted by molar-refractivity contribution is 5.81. The molecule has 3 rings (SSSR count). The number of hydrogen-bond donors (Lipinski definition) is 0. The van der Waals surface area contributed by atoms with Crippen LogP contribution in [0.5, 0.6) is 5.75 Å². The molecule has 0 spiro atoms. The maximum absolute atomic E-state index is 12.2. The number of methoxy groups -OCH3 is 1. The lowest BCUT2D eigenvalue weighted by molar-refractivity contribution is -0.129. The zero-order chi connectivity index (χ0) is 15.1. The second-order valence-electron chi connectivity index (χ2n) is 7.08. The van der Waals surface area contributed by atoms with E-state index < -0.39 is 0 Å². The fourth-order valence-corrected chi connectivity index (χ4v) is 4.49. The van der Waals surface area contributed by atoms with E-state index in [1.54, 1.807) is 7.11 Å². The molecule has 0 radical (unpaired) electrons. The molecule has 1 aromatic rings. The molecule has 0 unspecified atom stereocenters. The topological polar surface area (TPSA) is 29.5 Å². The van der Waals surface area contributed by atoms with Crippen molar-refractivity contribution < 1.29 is 9.53 Å². The summed E-state index contributed by atoms with van der Waals surface area (Å²) in [5, 5.41) is 0. The van der Waals surface area contributed by atoms with Gasteiger partial charge in [-0.05, 0) is 49.5 Å². The minimum absolute atomic E-state index is 0.0244. The number of carbonyl (C=O) groups is 1. The predicted molar refractivity (Wildman–Crippen MR) is 83.8 cm³/mol. The van der Waals surface area contributed by atoms with Gasteiger partial charge in [0.2, 0.25) is 0 Å². The summed E-state index contributed by atoms with van der Waals surface area (Å²) in [5.41, 5.74) is 1.43. The quantitative estimate of drug-likeness (QED) is 0.837. The summed E-state index contributed by atoms with van der Waals surface area (Å²) in [6.07, 6.45) is 3.47. The monoisotopic (exact) mass is 287 g/mol. The van der Waals surface area contributed by atoms with Gasteiger partial charge >= 0.3 is 0 Å². The molecule has 21 heavy (non-hydrogen) atoms. The van der Waals surface area contributed by atoms with E-state index in [0.29, 0.717) is 12.2 Å². The number of nitrogens with zero attached hydrogens (tertiary/aromatic N) is 1. The van der Waals surface area contributed by atoms with Crippen molar-refractivity contribution in [2.24, 2.45) is 5.41 Å². The summed E-state index contributed by atoms with van der Waals surface area (Å²) >= 11 is 0. The number of likely N-dealkylation sites (tertiary alicyclic amines) is 1. The van der Waals surface area contributed by atoms with Crippen molar-refractivity contribution in [3.8, 4) is 5.75 Å². The third-order valence-corrected chi connectivity index (χ3v) is 5.77. The van der Waals surface area contributed by atoms with E-state index in [1.165, 1.54) is 5.56 Å². The van der Waals surface area contributed by atoms with Crippen molar-refractivity contribution in [3.63, 3.8) is 0 Å².